The maximum Gasteiger partial charge on any atom is 0.253 e. The lowest BCUT2D eigenvalue weighted by atomic mass is 10.1. The van der Waals surface area contributed by atoms with Crippen molar-refractivity contribution in [1.82, 2.24) is 14.8 Å². The number of pyridine rings is 1. The van der Waals surface area contributed by atoms with Crippen molar-refractivity contribution in [3.05, 3.63) is 95.8 Å². The zero-order valence-electron chi connectivity index (χ0n) is 18.0. The molecule has 1 saturated heterocycles. The molecule has 164 valence electrons. The van der Waals surface area contributed by atoms with E-state index in [9.17, 15) is 9.59 Å². The Morgan fingerprint density at radius 2 is 1.50 bits per heavy atom. The molecule has 3 aromatic rings. The SMILES string of the molecule is O=C(CCc1cccnc1)N1CCN(C(=O)c2ccc(OCc3ccccc3)cc2)CC1. The summed E-state index contributed by atoms with van der Waals surface area (Å²) in [7, 11) is 0. The summed E-state index contributed by atoms with van der Waals surface area (Å²) >= 11 is 0. The molecule has 0 N–H and O–H groups in total. The molecule has 4 rings (SSSR count). The Bertz CT molecular complexity index is 1020. The van der Waals surface area contributed by atoms with Gasteiger partial charge >= 0.3 is 0 Å². The van der Waals surface area contributed by atoms with E-state index in [0.29, 0.717) is 51.2 Å². The third kappa shape index (κ3) is 5.72. The first-order chi connectivity index (χ1) is 15.7. The van der Waals surface area contributed by atoms with E-state index in [4.69, 9.17) is 4.74 Å². The maximum absolute atomic E-state index is 12.9. The summed E-state index contributed by atoms with van der Waals surface area (Å²) in [6.07, 6.45) is 4.67. The molecule has 0 spiro atoms. The second-order valence-electron chi connectivity index (χ2n) is 7.83. The lowest BCUT2D eigenvalue weighted by Gasteiger charge is -2.35. The molecule has 0 bridgehead atoms. The van der Waals surface area contributed by atoms with E-state index in [1.54, 1.807) is 24.5 Å². The van der Waals surface area contributed by atoms with Gasteiger partial charge in [-0.3, -0.25) is 14.6 Å². The van der Waals surface area contributed by atoms with Crippen LogP contribution in [0.2, 0.25) is 0 Å². The summed E-state index contributed by atoms with van der Waals surface area (Å²) in [5.74, 6) is 0.845. The molecule has 1 aliphatic heterocycles. The summed E-state index contributed by atoms with van der Waals surface area (Å²) in [6, 6.07) is 21.1. The van der Waals surface area contributed by atoms with Gasteiger partial charge in [0.2, 0.25) is 5.91 Å². The highest BCUT2D eigenvalue weighted by molar-refractivity contribution is 5.94. The number of benzene rings is 2. The average Bonchev–Trinajstić information content (AvgIpc) is 2.87. The van der Waals surface area contributed by atoms with Gasteiger partial charge in [-0.2, -0.15) is 0 Å². The van der Waals surface area contributed by atoms with Crippen molar-refractivity contribution >= 4 is 11.8 Å². The van der Waals surface area contributed by atoms with E-state index >= 15 is 0 Å². The number of ether oxygens (including phenoxy) is 1. The van der Waals surface area contributed by atoms with Gasteiger partial charge in [0.1, 0.15) is 12.4 Å². The average molecular weight is 430 g/mol. The fourth-order valence-corrected chi connectivity index (χ4v) is 3.73. The monoisotopic (exact) mass is 429 g/mol. The van der Waals surface area contributed by atoms with Gasteiger partial charge in [-0.1, -0.05) is 36.4 Å². The van der Waals surface area contributed by atoms with Crippen molar-refractivity contribution < 1.29 is 14.3 Å². The minimum atomic E-state index is -0.0120. The van der Waals surface area contributed by atoms with Crippen LogP contribution in [0.1, 0.15) is 27.9 Å². The number of carbonyl (C=O) groups excluding carboxylic acids is 2. The molecule has 2 amide bonds. The van der Waals surface area contributed by atoms with Crippen molar-refractivity contribution in [2.75, 3.05) is 26.2 Å². The Morgan fingerprint density at radius 3 is 2.19 bits per heavy atom. The number of hydrogen-bond donors (Lipinski definition) is 0. The molecule has 0 unspecified atom stereocenters. The molecule has 32 heavy (non-hydrogen) atoms. The summed E-state index contributed by atoms with van der Waals surface area (Å²) in [6.45, 7) is 2.71. The Morgan fingerprint density at radius 1 is 0.812 bits per heavy atom. The fourth-order valence-electron chi connectivity index (χ4n) is 3.73. The van der Waals surface area contributed by atoms with Crippen LogP contribution in [0.3, 0.4) is 0 Å². The molecule has 2 aromatic carbocycles. The maximum atomic E-state index is 12.9. The summed E-state index contributed by atoms with van der Waals surface area (Å²) in [4.78, 5) is 33.1. The number of piperazine rings is 1. The van der Waals surface area contributed by atoms with Crippen molar-refractivity contribution in [3.63, 3.8) is 0 Å². The van der Waals surface area contributed by atoms with Crippen molar-refractivity contribution in [1.29, 1.82) is 0 Å². The molecular weight excluding hydrogens is 402 g/mol. The molecule has 6 heteroatoms. The van der Waals surface area contributed by atoms with Crippen molar-refractivity contribution in [2.24, 2.45) is 0 Å². The van der Waals surface area contributed by atoms with Crippen LogP contribution in [0.25, 0.3) is 0 Å². The highest BCUT2D eigenvalue weighted by Gasteiger charge is 2.24. The Kier molecular flexibility index (Phi) is 7.12. The van der Waals surface area contributed by atoms with E-state index in [-0.39, 0.29) is 11.8 Å². The largest absolute Gasteiger partial charge is 0.489 e. The van der Waals surface area contributed by atoms with E-state index < -0.39 is 0 Å². The summed E-state index contributed by atoms with van der Waals surface area (Å²) in [5.41, 5.74) is 2.79. The van der Waals surface area contributed by atoms with Crippen LogP contribution >= 0.6 is 0 Å². The van der Waals surface area contributed by atoms with Gasteiger partial charge in [0.15, 0.2) is 0 Å². The Labute approximate surface area is 188 Å². The van der Waals surface area contributed by atoms with Crippen LogP contribution in [0.15, 0.2) is 79.1 Å². The molecular formula is C26H27N3O3. The molecule has 1 aliphatic rings. The predicted octanol–water partition coefficient (Wildman–Crippen LogP) is 3.58. The van der Waals surface area contributed by atoms with E-state index in [1.165, 1.54) is 0 Å². The number of amides is 2. The van der Waals surface area contributed by atoms with Gasteiger partial charge in [0.05, 0.1) is 0 Å². The number of carbonyl (C=O) groups is 2. The van der Waals surface area contributed by atoms with Crippen LogP contribution in [0.4, 0.5) is 0 Å². The summed E-state index contributed by atoms with van der Waals surface area (Å²) < 4.78 is 5.79. The first-order valence-corrected chi connectivity index (χ1v) is 10.9. The standard InChI is InChI=1S/C26H27N3O3/c30-25(13-8-21-7-4-14-27-19-21)28-15-17-29(18-16-28)26(31)23-9-11-24(12-10-23)32-20-22-5-2-1-3-6-22/h1-7,9-12,14,19H,8,13,15-18,20H2. The molecule has 0 saturated carbocycles. The van der Waals surface area contributed by atoms with Crippen molar-refractivity contribution in [2.45, 2.75) is 19.4 Å². The molecule has 1 aromatic heterocycles. The van der Waals surface area contributed by atoms with E-state index in [1.807, 2.05) is 64.4 Å². The molecule has 0 aliphatic carbocycles. The number of rotatable bonds is 7. The Hall–Kier alpha value is -3.67. The minimum absolute atomic E-state index is 0.0120. The minimum Gasteiger partial charge on any atom is -0.489 e. The van der Waals surface area contributed by atoms with Gasteiger partial charge in [0.25, 0.3) is 5.91 Å². The molecule has 0 radical (unpaired) electrons. The highest BCUT2D eigenvalue weighted by atomic mass is 16.5. The smallest absolute Gasteiger partial charge is 0.253 e. The second-order valence-corrected chi connectivity index (χ2v) is 7.83. The molecule has 1 fully saturated rings. The Balaban J connectivity index is 1.23. The van der Waals surface area contributed by atoms with Crippen LogP contribution in [-0.2, 0) is 17.8 Å². The normalized spacial score (nSPS) is 13.6. The molecule has 6 nitrogen and oxygen atoms in total. The van der Waals surface area contributed by atoms with Gasteiger partial charge in [-0.05, 0) is 47.9 Å². The molecule has 0 atom stereocenters. The third-order valence-corrected chi connectivity index (χ3v) is 5.62. The fraction of sp³-hybridized carbons (Fsp3) is 0.269. The van der Waals surface area contributed by atoms with E-state index in [0.717, 1.165) is 16.9 Å². The number of nitrogens with zero attached hydrogens (tertiary/aromatic N) is 3. The number of aryl methyl sites for hydroxylation is 1. The zero-order chi connectivity index (χ0) is 22.2. The lowest BCUT2D eigenvalue weighted by molar-refractivity contribution is -0.132. The van der Waals surface area contributed by atoms with Gasteiger partial charge in [-0.15, -0.1) is 0 Å². The van der Waals surface area contributed by atoms with Crippen LogP contribution < -0.4 is 4.74 Å². The first kappa shape index (κ1) is 21.6. The predicted molar refractivity (Wildman–Crippen MR) is 122 cm³/mol. The van der Waals surface area contributed by atoms with E-state index in [2.05, 4.69) is 4.98 Å². The number of hydrogen-bond acceptors (Lipinski definition) is 4. The van der Waals surface area contributed by atoms with Crippen LogP contribution in [0.5, 0.6) is 5.75 Å². The number of aromatic nitrogens is 1. The topological polar surface area (TPSA) is 62.7 Å². The van der Waals surface area contributed by atoms with Gasteiger partial charge < -0.3 is 14.5 Å². The van der Waals surface area contributed by atoms with Crippen molar-refractivity contribution in [3.8, 4) is 5.75 Å². The summed E-state index contributed by atoms with van der Waals surface area (Å²) in [5, 5.41) is 0. The highest BCUT2D eigenvalue weighted by Crippen LogP contribution is 2.17. The third-order valence-electron chi connectivity index (χ3n) is 5.62. The lowest BCUT2D eigenvalue weighted by Crippen LogP contribution is -2.50. The van der Waals surface area contributed by atoms with Gasteiger partial charge in [-0.25, -0.2) is 0 Å². The quantitative estimate of drug-likeness (QED) is 0.576. The first-order valence-electron chi connectivity index (χ1n) is 10.9. The molecule has 2 heterocycles. The van der Waals surface area contributed by atoms with Crippen LogP contribution in [0, 0.1) is 0 Å². The second kappa shape index (κ2) is 10.6. The van der Waals surface area contributed by atoms with Crippen LogP contribution in [-0.4, -0.2) is 52.8 Å². The zero-order valence-corrected chi connectivity index (χ0v) is 18.0. The van der Waals surface area contributed by atoms with Gasteiger partial charge in [0, 0.05) is 50.6 Å².